The fraction of sp³-hybridized carbons (Fsp3) is 0.550. The van der Waals surface area contributed by atoms with Crippen LogP contribution in [0.15, 0.2) is 54.0 Å². The number of carboxylic acids is 1. The summed E-state index contributed by atoms with van der Waals surface area (Å²) in [7, 11) is 1.44. The van der Waals surface area contributed by atoms with Crippen molar-refractivity contribution in [2.24, 2.45) is 5.92 Å². The molecule has 2 amide bonds. The van der Waals surface area contributed by atoms with E-state index in [9.17, 15) is 50.9 Å². The Bertz CT molecular complexity index is 1880. The summed E-state index contributed by atoms with van der Waals surface area (Å²) < 4.78 is 96.0. The van der Waals surface area contributed by atoms with Gasteiger partial charge in [0.25, 0.3) is 11.8 Å². The Kier molecular flexibility index (Phi) is 13.5. The molecule has 0 radical (unpaired) electrons. The number of halogens is 6. The van der Waals surface area contributed by atoms with Crippen LogP contribution in [0.3, 0.4) is 0 Å². The van der Waals surface area contributed by atoms with Crippen LogP contribution in [-0.2, 0) is 27.5 Å². The second-order valence-electron chi connectivity index (χ2n) is 14.7. The van der Waals surface area contributed by atoms with Gasteiger partial charge in [0.2, 0.25) is 5.60 Å². The maximum Gasteiger partial charge on any atom is 0.425 e. The molecular weight excluding hydrogens is 781 g/mol. The SMILES string of the molecule is CCC[C@H]1N(C(=O)c2ncccc2C(F)(F)F)CCC[C@@]1(Oc1csc(C(F)(F)F)c1)C(=O)N(C)CCC(O)(CC)c1ccccc1O[C@H]1CC[C@@H](C(=O)O)CC1. The molecule has 2 aliphatic rings. The number of carbonyl (C=O) groups is 3. The molecule has 1 aromatic carbocycles. The molecule has 1 saturated carbocycles. The molecule has 1 aliphatic carbocycles. The summed E-state index contributed by atoms with van der Waals surface area (Å²) in [4.78, 5) is 45.6. The van der Waals surface area contributed by atoms with Gasteiger partial charge in [-0.25, -0.2) is 0 Å². The average molecular weight is 828 g/mol. The number of carbonyl (C=O) groups excluding carboxylic acids is 2. The monoisotopic (exact) mass is 827 g/mol. The van der Waals surface area contributed by atoms with Gasteiger partial charge in [-0.3, -0.25) is 19.4 Å². The van der Waals surface area contributed by atoms with Crippen molar-refractivity contribution in [3.8, 4) is 11.5 Å². The van der Waals surface area contributed by atoms with Gasteiger partial charge in [0.15, 0.2) is 0 Å². The fourth-order valence-electron chi connectivity index (χ4n) is 7.92. The molecule has 3 atom stereocenters. The zero-order valence-corrected chi connectivity index (χ0v) is 32.7. The third-order valence-electron chi connectivity index (χ3n) is 11.0. The number of aromatic nitrogens is 1. The van der Waals surface area contributed by atoms with Crippen molar-refractivity contribution in [3.05, 3.63) is 75.7 Å². The minimum atomic E-state index is -4.93. The van der Waals surface area contributed by atoms with E-state index in [2.05, 4.69) is 4.98 Å². The first kappa shape index (κ1) is 43.7. The number of benzene rings is 1. The highest BCUT2D eigenvalue weighted by Crippen LogP contribution is 2.43. The average Bonchev–Trinajstić information content (AvgIpc) is 3.66. The van der Waals surface area contributed by atoms with E-state index in [0.29, 0.717) is 54.8 Å². The number of likely N-dealkylation sites (N-methyl/N-ethyl adjacent to an activating group) is 1. The number of hydrogen-bond acceptors (Lipinski definition) is 8. The topological polar surface area (TPSA) is 130 Å². The molecule has 10 nitrogen and oxygen atoms in total. The lowest BCUT2D eigenvalue weighted by molar-refractivity contribution is -0.158. The summed E-state index contributed by atoms with van der Waals surface area (Å²) in [5, 5.41) is 22.6. The molecule has 3 aromatic rings. The highest BCUT2D eigenvalue weighted by Gasteiger charge is 2.56. The molecule has 0 spiro atoms. The predicted molar refractivity (Wildman–Crippen MR) is 198 cm³/mol. The zero-order chi connectivity index (χ0) is 41.8. The Morgan fingerprint density at radius 1 is 1.00 bits per heavy atom. The molecule has 0 bridgehead atoms. The molecule has 1 unspecified atom stereocenters. The number of ether oxygens (including phenoxy) is 2. The van der Waals surface area contributed by atoms with Gasteiger partial charge in [0, 0.05) is 49.8 Å². The number of carboxylic acid groups (broad SMARTS) is 1. The lowest BCUT2D eigenvalue weighted by atomic mass is 9.79. The number of pyridine rings is 1. The molecule has 3 heterocycles. The number of thiophene rings is 1. The largest absolute Gasteiger partial charge is 0.490 e. The van der Waals surface area contributed by atoms with Gasteiger partial charge < -0.3 is 29.5 Å². The summed E-state index contributed by atoms with van der Waals surface area (Å²) in [5.41, 5.74) is -5.27. The standard InChI is InChI=1S/C40H47F6N3O7S/c1-4-10-31-38(56-27-23-32(57-24-27)40(44,45)46,18-9-21-49(31)34(50)33-29(39(41,42)43)12-8-20-47-33)36(53)48(3)22-19-37(54,5-2)28-11-6-7-13-30(28)55-26-16-14-25(15-17-26)35(51)52/h6-8,11-13,20,23-26,31,54H,4-5,9-10,14-19,21-22H2,1-3H3,(H,51,52)/t25-,26+,31-,37?,38+/m1/s1. The van der Waals surface area contributed by atoms with E-state index in [1.165, 1.54) is 11.9 Å². The van der Waals surface area contributed by atoms with Crippen molar-refractivity contribution >= 4 is 29.1 Å². The Morgan fingerprint density at radius 3 is 2.30 bits per heavy atom. The van der Waals surface area contributed by atoms with Gasteiger partial charge in [-0.05, 0) is 69.6 Å². The Morgan fingerprint density at radius 2 is 1.68 bits per heavy atom. The molecule has 2 fully saturated rings. The van der Waals surface area contributed by atoms with E-state index < -0.39 is 69.4 Å². The predicted octanol–water partition coefficient (Wildman–Crippen LogP) is 8.57. The van der Waals surface area contributed by atoms with Crippen LogP contribution in [-0.4, -0.2) is 80.7 Å². The number of aliphatic carboxylic acids is 1. The highest BCUT2D eigenvalue weighted by atomic mass is 32.1. The quantitative estimate of drug-likeness (QED) is 0.155. The van der Waals surface area contributed by atoms with Crippen molar-refractivity contribution < 1.29 is 60.4 Å². The Labute approximate surface area is 330 Å². The number of hydrogen-bond donors (Lipinski definition) is 2. The van der Waals surface area contributed by atoms with E-state index in [4.69, 9.17) is 9.47 Å². The summed E-state index contributed by atoms with van der Waals surface area (Å²) in [5.74, 6) is -3.00. The minimum absolute atomic E-state index is 0.0331. The van der Waals surface area contributed by atoms with Crippen LogP contribution < -0.4 is 9.47 Å². The first-order valence-electron chi connectivity index (χ1n) is 19.0. The fourth-order valence-corrected chi connectivity index (χ4v) is 8.59. The summed E-state index contributed by atoms with van der Waals surface area (Å²) in [6.07, 6.45) is -6.42. The lowest BCUT2D eigenvalue weighted by Crippen LogP contribution is -2.67. The third kappa shape index (κ3) is 9.67. The number of alkyl halides is 6. The van der Waals surface area contributed by atoms with Gasteiger partial charge in [-0.15, -0.1) is 11.3 Å². The van der Waals surface area contributed by atoms with Crippen LogP contribution in [0.25, 0.3) is 0 Å². The number of aliphatic hydroxyl groups is 1. The van der Waals surface area contributed by atoms with Crippen molar-refractivity contribution in [2.75, 3.05) is 20.1 Å². The van der Waals surface area contributed by atoms with E-state index in [0.717, 1.165) is 34.7 Å². The molecule has 57 heavy (non-hydrogen) atoms. The molecular formula is C40H47F6N3O7S. The van der Waals surface area contributed by atoms with Crippen LogP contribution in [0, 0.1) is 5.92 Å². The molecule has 312 valence electrons. The summed E-state index contributed by atoms with van der Waals surface area (Å²) >= 11 is 0.355. The number of para-hydroxylation sites is 1. The Hall–Kier alpha value is -4.38. The zero-order valence-electron chi connectivity index (χ0n) is 31.9. The maximum atomic E-state index is 14.9. The van der Waals surface area contributed by atoms with Crippen molar-refractivity contribution in [3.63, 3.8) is 0 Å². The normalized spacial score (nSPS) is 22.7. The van der Waals surface area contributed by atoms with Crippen LogP contribution >= 0.6 is 11.3 Å². The molecule has 2 N–H and O–H groups in total. The lowest BCUT2D eigenvalue weighted by Gasteiger charge is -2.49. The third-order valence-corrected chi connectivity index (χ3v) is 12.0. The van der Waals surface area contributed by atoms with Gasteiger partial charge >= 0.3 is 18.3 Å². The first-order valence-corrected chi connectivity index (χ1v) is 19.9. The molecule has 17 heteroatoms. The molecule has 1 aliphatic heterocycles. The number of rotatable bonds is 14. The maximum absolute atomic E-state index is 14.9. The van der Waals surface area contributed by atoms with Crippen LogP contribution in [0.2, 0.25) is 0 Å². The number of piperidine rings is 1. The van der Waals surface area contributed by atoms with E-state index in [1.54, 1.807) is 38.1 Å². The van der Waals surface area contributed by atoms with E-state index in [1.807, 2.05) is 0 Å². The Balaban J connectivity index is 1.46. The van der Waals surface area contributed by atoms with Crippen molar-refractivity contribution in [1.29, 1.82) is 0 Å². The number of nitrogens with zero attached hydrogens (tertiary/aromatic N) is 3. The number of amides is 2. The number of likely N-dealkylation sites (tertiary alicyclic amines) is 1. The smallest absolute Gasteiger partial charge is 0.425 e. The molecule has 2 aromatic heterocycles. The molecule has 1 saturated heterocycles. The summed E-state index contributed by atoms with van der Waals surface area (Å²) in [6, 6.07) is 8.21. The van der Waals surface area contributed by atoms with Gasteiger partial charge in [-0.1, -0.05) is 38.5 Å². The van der Waals surface area contributed by atoms with Gasteiger partial charge in [0.1, 0.15) is 22.1 Å². The van der Waals surface area contributed by atoms with Crippen molar-refractivity contribution in [1.82, 2.24) is 14.8 Å². The second kappa shape index (κ2) is 17.6. The first-order chi connectivity index (χ1) is 26.8. The second-order valence-corrected chi connectivity index (χ2v) is 15.6. The van der Waals surface area contributed by atoms with E-state index in [-0.39, 0.29) is 57.0 Å². The van der Waals surface area contributed by atoms with Crippen molar-refractivity contribution in [2.45, 2.75) is 114 Å². The highest BCUT2D eigenvalue weighted by molar-refractivity contribution is 7.10. The summed E-state index contributed by atoms with van der Waals surface area (Å²) in [6.45, 7) is 3.32. The van der Waals surface area contributed by atoms with E-state index >= 15 is 0 Å². The van der Waals surface area contributed by atoms with Crippen LogP contribution in [0.5, 0.6) is 11.5 Å². The van der Waals surface area contributed by atoms with Crippen LogP contribution in [0.4, 0.5) is 26.3 Å². The minimum Gasteiger partial charge on any atom is -0.490 e. The molecule has 5 rings (SSSR count). The van der Waals surface area contributed by atoms with Crippen LogP contribution in [0.1, 0.15) is 105 Å². The van der Waals surface area contributed by atoms with Gasteiger partial charge in [-0.2, -0.15) is 26.3 Å². The van der Waals surface area contributed by atoms with Gasteiger partial charge in [0.05, 0.1) is 29.2 Å².